The third-order valence-corrected chi connectivity index (χ3v) is 2.59. The molecule has 0 aliphatic rings. The van der Waals surface area contributed by atoms with E-state index in [1.54, 1.807) is 7.05 Å². The van der Waals surface area contributed by atoms with Crippen LogP contribution in [0, 0.1) is 5.92 Å². The van der Waals surface area contributed by atoms with Gasteiger partial charge in [0, 0.05) is 27.7 Å². The maximum absolute atomic E-state index is 4.55. The van der Waals surface area contributed by atoms with Crippen LogP contribution in [0.5, 0.6) is 0 Å². The number of anilines is 1. The predicted octanol–water partition coefficient (Wildman–Crippen LogP) is 1.47. The molecule has 1 heterocycles. The number of nitrogens with one attached hydrogen (secondary N) is 2. The van der Waals surface area contributed by atoms with E-state index in [-0.39, 0.29) is 0 Å². The summed E-state index contributed by atoms with van der Waals surface area (Å²) in [5.74, 6) is 2.36. The minimum Gasteiger partial charge on any atom is -0.363 e. The van der Waals surface area contributed by atoms with Crippen LogP contribution in [0.25, 0.3) is 0 Å². The van der Waals surface area contributed by atoms with Crippen LogP contribution in [-0.4, -0.2) is 38.6 Å². The normalized spacial score (nSPS) is 11.6. The van der Waals surface area contributed by atoms with Gasteiger partial charge in [0.15, 0.2) is 5.96 Å². The Bertz CT molecular complexity index is 412. The number of rotatable bonds is 5. The average molecular weight is 263 g/mol. The first-order valence-electron chi connectivity index (χ1n) is 6.60. The number of hydrogen-bond acceptors (Lipinski definition) is 3. The fourth-order valence-corrected chi connectivity index (χ4v) is 1.51. The smallest absolute Gasteiger partial charge is 0.191 e. The van der Waals surface area contributed by atoms with Crippen LogP contribution >= 0.6 is 0 Å². The molecule has 0 aliphatic carbocycles. The van der Waals surface area contributed by atoms with Crippen molar-refractivity contribution in [3.63, 3.8) is 0 Å². The molecule has 0 bridgehead atoms. The second kappa shape index (κ2) is 7.61. The molecule has 5 heteroatoms. The highest BCUT2D eigenvalue weighted by atomic mass is 15.2. The van der Waals surface area contributed by atoms with E-state index in [2.05, 4.69) is 34.5 Å². The van der Waals surface area contributed by atoms with E-state index in [0.717, 1.165) is 24.0 Å². The van der Waals surface area contributed by atoms with Crippen molar-refractivity contribution < 1.29 is 0 Å². The highest BCUT2D eigenvalue weighted by Crippen LogP contribution is 2.07. The van der Waals surface area contributed by atoms with E-state index in [4.69, 9.17) is 0 Å². The second-order valence-corrected chi connectivity index (χ2v) is 5.08. The van der Waals surface area contributed by atoms with E-state index in [9.17, 15) is 0 Å². The average Bonchev–Trinajstić information content (AvgIpc) is 2.39. The summed E-state index contributed by atoms with van der Waals surface area (Å²) in [4.78, 5) is 10.7. The zero-order chi connectivity index (χ0) is 14.3. The number of aliphatic imine (C=N–C) groups is 1. The Morgan fingerprint density at radius 2 is 2.05 bits per heavy atom. The molecular weight excluding hydrogens is 238 g/mol. The SMILES string of the molecule is CN=C(NCc1cccc(N(C)C)n1)NCC(C)C. The molecule has 1 rings (SSSR count). The van der Waals surface area contributed by atoms with Gasteiger partial charge < -0.3 is 15.5 Å². The lowest BCUT2D eigenvalue weighted by Gasteiger charge is -2.15. The van der Waals surface area contributed by atoms with Crippen LogP contribution in [0.3, 0.4) is 0 Å². The maximum Gasteiger partial charge on any atom is 0.191 e. The fourth-order valence-electron chi connectivity index (χ4n) is 1.51. The molecule has 0 saturated heterocycles. The van der Waals surface area contributed by atoms with E-state index < -0.39 is 0 Å². The molecule has 0 fully saturated rings. The molecule has 0 spiro atoms. The van der Waals surface area contributed by atoms with Crippen molar-refractivity contribution >= 4 is 11.8 Å². The number of guanidine groups is 1. The van der Waals surface area contributed by atoms with E-state index in [1.807, 2.05) is 37.2 Å². The van der Waals surface area contributed by atoms with Crippen molar-refractivity contribution in [1.29, 1.82) is 0 Å². The highest BCUT2D eigenvalue weighted by Gasteiger charge is 2.02. The first kappa shape index (κ1) is 15.3. The van der Waals surface area contributed by atoms with Crippen LogP contribution in [0.2, 0.25) is 0 Å². The molecule has 2 N–H and O–H groups in total. The van der Waals surface area contributed by atoms with Crippen LogP contribution < -0.4 is 15.5 Å². The van der Waals surface area contributed by atoms with Gasteiger partial charge in [-0.15, -0.1) is 0 Å². The minimum atomic E-state index is 0.591. The van der Waals surface area contributed by atoms with Gasteiger partial charge >= 0.3 is 0 Å². The molecule has 0 unspecified atom stereocenters. The Kier molecular flexibility index (Phi) is 6.12. The van der Waals surface area contributed by atoms with Gasteiger partial charge in [0.1, 0.15) is 5.82 Å². The van der Waals surface area contributed by atoms with Gasteiger partial charge in [0.05, 0.1) is 12.2 Å². The van der Waals surface area contributed by atoms with Gasteiger partial charge in [-0.1, -0.05) is 19.9 Å². The first-order valence-corrected chi connectivity index (χ1v) is 6.60. The summed E-state index contributed by atoms with van der Waals surface area (Å²) in [6.07, 6.45) is 0. The Morgan fingerprint density at radius 1 is 1.32 bits per heavy atom. The molecule has 5 nitrogen and oxygen atoms in total. The maximum atomic E-state index is 4.55. The highest BCUT2D eigenvalue weighted by molar-refractivity contribution is 5.79. The largest absolute Gasteiger partial charge is 0.363 e. The lowest BCUT2D eigenvalue weighted by molar-refractivity contribution is 0.614. The molecule has 0 amide bonds. The van der Waals surface area contributed by atoms with E-state index >= 15 is 0 Å². The summed E-state index contributed by atoms with van der Waals surface area (Å²) in [6.45, 7) is 5.91. The standard InChI is InChI=1S/C14H25N5/c1-11(2)9-16-14(15-3)17-10-12-7-6-8-13(18-12)19(4)5/h6-8,11H,9-10H2,1-5H3,(H2,15,16,17). The molecule has 19 heavy (non-hydrogen) atoms. The van der Waals surface area contributed by atoms with Gasteiger partial charge in [-0.25, -0.2) is 4.98 Å². The molecular formula is C14H25N5. The predicted molar refractivity (Wildman–Crippen MR) is 81.6 cm³/mol. The number of nitrogens with zero attached hydrogens (tertiary/aromatic N) is 3. The van der Waals surface area contributed by atoms with Crippen LogP contribution in [0.1, 0.15) is 19.5 Å². The van der Waals surface area contributed by atoms with Crippen molar-refractivity contribution in [2.45, 2.75) is 20.4 Å². The van der Waals surface area contributed by atoms with Gasteiger partial charge in [0.25, 0.3) is 0 Å². The Hall–Kier alpha value is -1.78. The van der Waals surface area contributed by atoms with Gasteiger partial charge in [-0.3, -0.25) is 4.99 Å². The Labute approximate surface area is 116 Å². The molecule has 0 saturated carbocycles. The summed E-state index contributed by atoms with van der Waals surface area (Å²) in [5, 5.41) is 6.54. The Balaban J connectivity index is 2.53. The fraction of sp³-hybridized carbons (Fsp3) is 0.571. The molecule has 1 aromatic heterocycles. The number of aromatic nitrogens is 1. The molecule has 0 aromatic carbocycles. The van der Waals surface area contributed by atoms with Gasteiger partial charge in [-0.05, 0) is 18.1 Å². The minimum absolute atomic E-state index is 0.591. The van der Waals surface area contributed by atoms with Crippen LogP contribution in [0.4, 0.5) is 5.82 Å². The second-order valence-electron chi connectivity index (χ2n) is 5.08. The van der Waals surface area contributed by atoms with Gasteiger partial charge in [-0.2, -0.15) is 0 Å². The van der Waals surface area contributed by atoms with Crippen LogP contribution in [-0.2, 0) is 6.54 Å². The van der Waals surface area contributed by atoms with Crippen molar-refractivity contribution in [3.05, 3.63) is 23.9 Å². The van der Waals surface area contributed by atoms with E-state index in [1.165, 1.54) is 0 Å². The topological polar surface area (TPSA) is 52.6 Å². The lowest BCUT2D eigenvalue weighted by atomic mass is 10.2. The lowest BCUT2D eigenvalue weighted by Crippen LogP contribution is -2.38. The van der Waals surface area contributed by atoms with Crippen LogP contribution in [0.15, 0.2) is 23.2 Å². The quantitative estimate of drug-likeness (QED) is 0.624. The van der Waals surface area contributed by atoms with Crippen molar-refractivity contribution in [2.24, 2.45) is 10.9 Å². The zero-order valence-corrected chi connectivity index (χ0v) is 12.6. The molecule has 1 aromatic rings. The summed E-state index contributed by atoms with van der Waals surface area (Å²) in [5.41, 5.74) is 0.999. The monoisotopic (exact) mass is 263 g/mol. The van der Waals surface area contributed by atoms with Crippen molar-refractivity contribution in [3.8, 4) is 0 Å². The summed E-state index contributed by atoms with van der Waals surface area (Å²) < 4.78 is 0. The zero-order valence-electron chi connectivity index (χ0n) is 12.6. The van der Waals surface area contributed by atoms with Gasteiger partial charge in [0.2, 0.25) is 0 Å². The molecule has 0 aliphatic heterocycles. The summed E-state index contributed by atoms with van der Waals surface area (Å²) in [7, 11) is 5.75. The van der Waals surface area contributed by atoms with Crippen molar-refractivity contribution in [2.75, 3.05) is 32.6 Å². The molecule has 0 atom stereocenters. The summed E-state index contributed by atoms with van der Waals surface area (Å²) >= 11 is 0. The Morgan fingerprint density at radius 3 is 2.63 bits per heavy atom. The third-order valence-electron chi connectivity index (χ3n) is 2.59. The summed E-state index contributed by atoms with van der Waals surface area (Å²) in [6, 6.07) is 6.02. The number of pyridine rings is 1. The third kappa shape index (κ3) is 5.59. The molecule has 106 valence electrons. The first-order chi connectivity index (χ1) is 9.02. The number of hydrogen-bond donors (Lipinski definition) is 2. The molecule has 0 radical (unpaired) electrons. The van der Waals surface area contributed by atoms with Crippen molar-refractivity contribution in [1.82, 2.24) is 15.6 Å². The van der Waals surface area contributed by atoms with E-state index in [0.29, 0.717) is 12.5 Å².